The standard InChI is InChI=1S/C15H12N4O3S/c20-13(6-10-7-19-3-4-23-15(19)17-10)16-9-1-2-12-11(5-9)18-14(21)8-22-12/h1-5,7H,6,8H2,(H,16,20)(H,18,21). The molecule has 2 N–H and O–H groups in total. The van der Waals surface area contributed by atoms with Gasteiger partial charge in [-0.25, -0.2) is 4.98 Å². The molecule has 0 aliphatic carbocycles. The second kappa shape index (κ2) is 5.40. The summed E-state index contributed by atoms with van der Waals surface area (Å²) >= 11 is 1.52. The number of nitrogens with zero attached hydrogens (tertiary/aromatic N) is 2. The van der Waals surface area contributed by atoms with Gasteiger partial charge in [0.05, 0.1) is 17.8 Å². The lowest BCUT2D eigenvalue weighted by Crippen LogP contribution is -2.25. The number of hydrogen-bond acceptors (Lipinski definition) is 5. The Labute approximate surface area is 134 Å². The van der Waals surface area contributed by atoms with Crippen LogP contribution in [0.25, 0.3) is 4.96 Å². The number of ether oxygens (including phenoxy) is 1. The lowest BCUT2D eigenvalue weighted by molar-refractivity contribution is -0.118. The Morgan fingerprint density at radius 1 is 1.48 bits per heavy atom. The van der Waals surface area contributed by atoms with Gasteiger partial charge in [-0.1, -0.05) is 0 Å². The van der Waals surface area contributed by atoms with E-state index in [2.05, 4.69) is 15.6 Å². The maximum Gasteiger partial charge on any atom is 0.262 e. The van der Waals surface area contributed by atoms with E-state index in [0.717, 1.165) is 4.96 Å². The van der Waals surface area contributed by atoms with Crippen LogP contribution in [0.15, 0.2) is 36.0 Å². The molecule has 0 fully saturated rings. The van der Waals surface area contributed by atoms with Gasteiger partial charge in [0.1, 0.15) is 5.75 Å². The van der Waals surface area contributed by atoms with Crippen LogP contribution in [0.3, 0.4) is 0 Å². The number of nitrogens with one attached hydrogen (secondary N) is 2. The summed E-state index contributed by atoms with van der Waals surface area (Å²) in [6.07, 6.45) is 3.93. The highest BCUT2D eigenvalue weighted by atomic mass is 32.1. The van der Waals surface area contributed by atoms with Crippen molar-refractivity contribution in [1.29, 1.82) is 0 Å². The van der Waals surface area contributed by atoms with Gasteiger partial charge in [-0.15, -0.1) is 11.3 Å². The number of amides is 2. The molecule has 3 heterocycles. The molecule has 0 bridgehead atoms. The number of fused-ring (bicyclic) bond motifs is 2. The lowest BCUT2D eigenvalue weighted by atomic mass is 10.2. The minimum atomic E-state index is -0.209. The van der Waals surface area contributed by atoms with Gasteiger partial charge in [0, 0.05) is 23.5 Å². The number of rotatable bonds is 3. The largest absolute Gasteiger partial charge is 0.482 e. The second-order valence-electron chi connectivity index (χ2n) is 5.10. The van der Waals surface area contributed by atoms with Crippen molar-refractivity contribution >= 4 is 39.5 Å². The van der Waals surface area contributed by atoms with Crippen LogP contribution in [0.5, 0.6) is 5.75 Å². The molecule has 2 amide bonds. The molecule has 0 spiro atoms. The average Bonchev–Trinajstić information content (AvgIpc) is 3.07. The van der Waals surface area contributed by atoms with Crippen LogP contribution in [0.4, 0.5) is 11.4 Å². The summed E-state index contributed by atoms with van der Waals surface area (Å²) in [5.74, 6) is 0.217. The predicted molar refractivity (Wildman–Crippen MR) is 86.0 cm³/mol. The van der Waals surface area contributed by atoms with Crippen LogP contribution < -0.4 is 15.4 Å². The van der Waals surface area contributed by atoms with E-state index in [0.29, 0.717) is 22.8 Å². The van der Waals surface area contributed by atoms with E-state index in [4.69, 9.17) is 4.74 Å². The fraction of sp³-hybridized carbons (Fsp3) is 0.133. The highest BCUT2D eigenvalue weighted by molar-refractivity contribution is 7.15. The number of benzene rings is 1. The molecular formula is C15H12N4O3S. The van der Waals surface area contributed by atoms with Crippen molar-refractivity contribution in [2.24, 2.45) is 0 Å². The van der Waals surface area contributed by atoms with Crippen molar-refractivity contribution in [3.05, 3.63) is 41.7 Å². The summed E-state index contributed by atoms with van der Waals surface area (Å²) in [6.45, 7) is 0.0101. The zero-order chi connectivity index (χ0) is 15.8. The summed E-state index contributed by atoms with van der Waals surface area (Å²) in [4.78, 5) is 28.7. The van der Waals surface area contributed by atoms with Crippen molar-refractivity contribution < 1.29 is 14.3 Å². The van der Waals surface area contributed by atoms with Gasteiger partial charge in [-0.3, -0.25) is 14.0 Å². The topological polar surface area (TPSA) is 84.7 Å². The van der Waals surface area contributed by atoms with Gasteiger partial charge >= 0.3 is 0 Å². The Bertz CT molecular complexity index is 886. The second-order valence-corrected chi connectivity index (χ2v) is 5.97. The van der Waals surface area contributed by atoms with E-state index < -0.39 is 0 Å². The van der Waals surface area contributed by atoms with E-state index in [1.807, 2.05) is 22.2 Å². The van der Waals surface area contributed by atoms with Crippen molar-refractivity contribution in [3.63, 3.8) is 0 Å². The molecule has 3 aromatic rings. The normalized spacial score (nSPS) is 13.3. The molecule has 0 saturated carbocycles. The third-order valence-electron chi connectivity index (χ3n) is 3.38. The molecule has 1 aliphatic heterocycles. The Morgan fingerprint density at radius 3 is 3.26 bits per heavy atom. The van der Waals surface area contributed by atoms with E-state index >= 15 is 0 Å². The third-order valence-corrected chi connectivity index (χ3v) is 4.15. The first-order valence-electron chi connectivity index (χ1n) is 6.95. The average molecular weight is 328 g/mol. The first kappa shape index (κ1) is 13.8. The van der Waals surface area contributed by atoms with E-state index in [1.165, 1.54) is 11.3 Å². The number of anilines is 2. The van der Waals surface area contributed by atoms with Crippen LogP contribution in [-0.2, 0) is 16.0 Å². The lowest BCUT2D eigenvalue weighted by Gasteiger charge is -2.18. The molecule has 0 radical (unpaired) electrons. The number of thiazole rings is 1. The zero-order valence-corrected chi connectivity index (χ0v) is 12.7. The summed E-state index contributed by atoms with van der Waals surface area (Å²) in [6, 6.07) is 5.13. The van der Waals surface area contributed by atoms with Crippen LogP contribution in [0.2, 0.25) is 0 Å². The van der Waals surface area contributed by atoms with Gasteiger partial charge in [-0.05, 0) is 18.2 Å². The van der Waals surface area contributed by atoms with Gasteiger partial charge in [0.15, 0.2) is 11.6 Å². The van der Waals surface area contributed by atoms with Crippen molar-refractivity contribution in [3.8, 4) is 5.75 Å². The third kappa shape index (κ3) is 2.76. The van der Waals surface area contributed by atoms with E-state index in [1.54, 1.807) is 18.2 Å². The Balaban J connectivity index is 1.47. The molecule has 23 heavy (non-hydrogen) atoms. The SMILES string of the molecule is O=C(Cc1cn2ccsc2n1)Nc1ccc2c(c1)NC(=O)CO2. The number of imidazole rings is 1. The maximum absolute atomic E-state index is 12.1. The monoisotopic (exact) mass is 328 g/mol. The molecule has 1 aliphatic rings. The van der Waals surface area contributed by atoms with Crippen LogP contribution in [0, 0.1) is 0 Å². The van der Waals surface area contributed by atoms with Crippen LogP contribution in [0.1, 0.15) is 5.69 Å². The van der Waals surface area contributed by atoms with Crippen molar-refractivity contribution in [2.45, 2.75) is 6.42 Å². The first-order valence-corrected chi connectivity index (χ1v) is 7.83. The molecule has 4 rings (SSSR count). The number of hydrogen-bond donors (Lipinski definition) is 2. The number of aromatic nitrogens is 2. The molecule has 8 heteroatoms. The summed E-state index contributed by atoms with van der Waals surface area (Å²) in [7, 11) is 0. The minimum absolute atomic E-state index is 0.0101. The maximum atomic E-state index is 12.1. The number of carbonyl (C=O) groups is 2. The quantitative estimate of drug-likeness (QED) is 0.769. The Hall–Kier alpha value is -2.87. The van der Waals surface area contributed by atoms with E-state index in [9.17, 15) is 9.59 Å². The van der Waals surface area contributed by atoms with Crippen molar-refractivity contribution in [1.82, 2.24) is 9.38 Å². The highest BCUT2D eigenvalue weighted by Gasteiger charge is 2.16. The molecule has 1 aromatic carbocycles. The summed E-state index contributed by atoms with van der Waals surface area (Å²) in [5.41, 5.74) is 1.87. The van der Waals surface area contributed by atoms with Crippen molar-refractivity contribution in [2.75, 3.05) is 17.2 Å². The highest BCUT2D eigenvalue weighted by Crippen LogP contribution is 2.30. The predicted octanol–water partition coefficient (Wildman–Crippen LogP) is 1.91. The van der Waals surface area contributed by atoms with Crippen LogP contribution >= 0.6 is 11.3 Å². The molecule has 0 atom stereocenters. The molecule has 0 unspecified atom stereocenters. The smallest absolute Gasteiger partial charge is 0.262 e. The van der Waals surface area contributed by atoms with Gasteiger partial charge in [0.2, 0.25) is 5.91 Å². The van der Waals surface area contributed by atoms with Gasteiger partial charge in [0.25, 0.3) is 5.91 Å². The molecule has 7 nitrogen and oxygen atoms in total. The molecule has 116 valence electrons. The fourth-order valence-corrected chi connectivity index (χ4v) is 3.11. The zero-order valence-electron chi connectivity index (χ0n) is 11.9. The van der Waals surface area contributed by atoms with Gasteiger partial charge in [-0.2, -0.15) is 0 Å². The minimum Gasteiger partial charge on any atom is -0.482 e. The van der Waals surface area contributed by atoms with Gasteiger partial charge < -0.3 is 15.4 Å². The summed E-state index contributed by atoms with van der Waals surface area (Å²) < 4.78 is 7.17. The number of carbonyl (C=O) groups excluding carboxylic acids is 2. The fourth-order valence-electron chi connectivity index (χ4n) is 2.39. The Morgan fingerprint density at radius 2 is 2.39 bits per heavy atom. The molecule has 0 saturated heterocycles. The summed E-state index contributed by atoms with van der Waals surface area (Å²) in [5, 5.41) is 7.45. The molecule has 2 aromatic heterocycles. The first-order chi connectivity index (χ1) is 11.2. The van der Waals surface area contributed by atoms with E-state index in [-0.39, 0.29) is 24.8 Å². The molecular weight excluding hydrogens is 316 g/mol. The Kier molecular flexibility index (Phi) is 3.23. The van der Waals surface area contributed by atoms with Crippen LogP contribution in [-0.4, -0.2) is 27.8 Å².